The van der Waals surface area contributed by atoms with E-state index in [1.165, 1.54) is 0 Å². The Balaban J connectivity index is 1.31. The molecule has 2 heterocycles. The number of carbonyl (C=O) groups excluding carboxylic acids is 1. The van der Waals surface area contributed by atoms with Gasteiger partial charge in [-0.3, -0.25) is 9.78 Å². The van der Waals surface area contributed by atoms with Crippen LogP contribution in [0.15, 0.2) is 109 Å². The summed E-state index contributed by atoms with van der Waals surface area (Å²) in [6, 6.07) is 32.8. The molecule has 4 N–H and O–H groups in total. The molecule has 6 aromatic rings. The number of carbonyl (C=O) groups is 1. The van der Waals surface area contributed by atoms with Gasteiger partial charge in [0, 0.05) is 39.9 Å². The number of ether oxygens (including phenoxy) is 1. The summed E-state index contributed by atoms with van der Waals surface area (Å²) in [6.07, 6.45) is 6.53. The monoisotopic (exact) mass is 582 g/mol. The largest absolute Gasteiger partial charge is 0.487 e. The van der Waals surface area contributed by atoms with Gasteiger partial charge in [-0.2, -0.15) is 0 Å². The number of aromatic nitrogens is 2. The Morgan fingerprint density at radius 3 is 2.48 bits per heavy atom. The van der Waals surface area contributed by atoms with Crippen molar-refractivity contribution in [1.82, 2.24) is 9.55 Å². The van der Waals surface area contributed by atoms with Gasteiger partial charge < -0.3 is 25.5 Å². The molecule has 4 aromatic carbocycles. The van der Waals surface area contributed by atoms with E-state index in [0.717, 1.165) is 69.9 Å². The van der Waals surface area contributed by atoms with Gasteiger partial charge in [0.1, 0.15) is 12.4 Å². The van der Waals surface area contributed by atoms with Crippen molar-refractivity contribution in [2.24, 2.45) is 5.73 Å². The van der Waals surface area contributed by atoms with Crippen molar-refractivity contribution in [2.45, 2.75) is 44.4 Å². The molecule has 0 aliphatic heterocycles. The van der Waals surface area contributed by atoms with Crippen LogP contribution in [0.4, 0.5) is 5.69 Å². The number of fused-ring (bicyclic) bond motifs is 3. The molecule has 0 bridgehead atoms. The zero-order chi connectivity index (χ0) is 30.0. The van der Waals surface area contributed by atoms with Crippen LogP contribution in [0.5, 0.6) is 5.75 Å². The van der Waals surface area contributed by atoms with Gasteiger partial charge in [-0.25, -0.2) is 0 Å². The maximum atomic E-state index is 12.4. The topological polar surface area (TPSA) is 102 Å². The molecule has 0 unspecified atom stereocenters. The number of nitrogens with zero attached hydrogens (tertiary/aromatic N) is 2. The first-order valence-electron chi connectivity index (χ1n) is 15.1. The minimum atomic E-state index is -0.471. The van der Waals surface area contributed by atoms with Crippen molar-refractivity contribution in [3.8, 4) is 22.6 Å². The minimum Gasteiger partial charge on any atom is -0.487 e. The van der Waals surface area contributed by atoms with E-state index in [1.807, 2.05) is 60.8 Å². The normalized spacial score (nSPS) is 16.7. The molecule has 1 amide bonds. The first-order chi connectivity index (χ1) is 21.5. The number of aliphatic hydroxyl groups excluding tert-OH is 1. The van der Waals surface area contributed by atoms with E-state index >= 15 is 0 Å². The molecule has 0 radical (unpaired) electrons. The lowest BCUT2D eigenvalue weighted by Gasteiger charge is -2.28. The highest BCUT2D eigenvalue weighted by Crippen LogP contribution is 2.39. The molecule has 7 heteroatoms. The van der Waals surface area contributed by atoms with E-state index in [0.29, 0.717) is 23.6 Å². The Hall–Kier alpha value is -5.14. The van der Waals surface area contributed by atoms with Crippen LogP contribution in [0, 0.1) is 0 Å². The fraction of sp³-hybridized carbons (Fsp3) is 0.189. The van der Waals surface area contributed by atoms with Crippen LogP contribution in [0.3, 0.4) is 0 Å². The first kappa shape index (κ1) is 27.7. The third kappa shape index (κ3) is 5.38. The molecule has 1 fully saturated rings. The Kier molecular flexibility index (Phi) is 7.46. The minimum absolute atomic E-state index is 0.167. The predicted octanol–water partition coefficient (Wildman–Crippen LogP) is 7.24. The van der Waals surface area contributed by atoms with Gasteiger partial charge in [-0.15, -0.1) is 0 Å². The SMILES string of the molecule is NC(=O)c1ccc(-n2c3ccccc3c3c(-c4cncc(OCc5ccccc5)c4)cccc32)cc1N[C@H]1CC[C@H](O)CC1. The molecule has 0 saturated heterocycles. The zero-order valence-corrected chi connectivity index (χ0v) is 24.3. The zero-order valence-electron chi connectivity index (χ0n) is 24.3. The fourth-order valence-electron chi connectivity index (χ4n) is 6.37. The summed E-state index contributed by atoms with van der Waals surface area (Å²) in [4.78, 5) is 16.9. The maximum Gasteiger partial charge on any atom is 0.250 e. The van der Waals surface area contributed by atoms with Crippen LogP contribution in [-0.2, 0) is 6.61 Å². The van der Waals surface area contributed by atoms with E-state index in [4.69, 9.17) is 10.5 Å². The highest BCUT2D eigenvalue weighted by molar-refractivity contribution is 6.15. The third-order valence-corrected chi connectivity index (χ3v) is 8.55. The maximum absolute atomic E-state index is 12.4. The van der Waals surface area contributed by atoms with E-state index in [2.05, 4.69) is 51.3 Å². The van der Waals surface area contributed by atoms with Crippen molar-refractivity contribution >= 4 is 33.4 Å². The van der Waals surface area contributed by atoms with Gasteiger partial charge in [0.2, 0.25) is 0 Å². The van der Waals surface area contributed by atoms with Crippen LogP contribution in [0.25, 0.3) is 38.6 Å². The molecule has 7 rings (SSSR count). The number of pyridine rings is 1. The number of benzene rings is 4. The van der Waals surface area contributed by atoms with E-state index in [1.54, 1.807) is 12.3 Å². The van der Waals surface area contributed by atoms with E-state index in [-0.39, 0.29) is 12.1 Å². The number of hydrogen-bond donors (Lipinski definition) is 3. The van der Waals surface area contributed by atoms with Gasteiger partial charge in [0.25, 0.3) is 5.91 Å². The molecule has 7 nitrogen and oxygen atoms in total. The summed E-state index contributed by atoms with van der Waals surface area (Å²) in [5, 5.41) is 15.8. The number of nitrogens with one attached hydrogen (secondary N) is 1. The second-order valence-corrected chi connectivity index (χ2v) is 11.5. The van der Waals surface area contributed by atoms with Gasteiger partial charge in [0.05, 0.1) is 28.9 Å². The van der Waals surface area contributed by atoms with Crippen LogP contribution >= 0.6 is 0 Å². The van der Waals surface area contributed by atoms with Crippen molar-refractivity contribution in [1.29, 1.82) is 0 Å². The van der Waals surface area contributed by atoms with Crippen molar-refractivity contribution < 1.29 is 14.6 Å². The lowest BCUT2D eigenvalue weighted by Crippen LogP contribution is -2.29. The Bertz CT molecular complexity index is 1960. The number of primary amides is 1. The summed E-state index contributed by atoms with van der Waals surface area (Å²) < 4.78 is 8.35. The molecule has 1 saturated carbocycles. The number of amides is 1. The summed E-state index contributed by atoms with van der Waals surface area (Å²) in [7, 11) is 0. The van der Waals surface area contributed by atoms with Crippen molar-refractivity contribution in [2.75, 3.05) is 5.32 Å². The molecular formula is C37H34N4O3. The molecule has 220 valence electrons. The van der Waals surface area contributed by atoms with Crippen LogP contribution in [0.2, 0.25) is 0 Å². The standard InChI is InChI=1S/C37H34N4O3/c38-37(43)31-18-15-27(20-33(31)40-26-13-16-28(42)17-14-26)41-34-11-5-4-9-32(34)36-30(10-6-12-35(36)41)25-19-29(22-39-21-25)44-23-24-7-2-1-3-8-24/h1-12,15,18-22,26,28,40,42H,13-14,16-17,23H2,(H2,38,43)/t26-,28-. The smallest absolute Gasteiger partial charge is 0.250 e. The summed E-state index contributed by atoms with van der Waals surface area (Å²) in [5.41, 5.74) is 13.1. The van der Waals surface area contributed by atoms with Gasteiger partial charge in [0.15, 0.2) is 0 Å². The van der Waals surface area contributed by atoms with Crippen molar-refractivity contribution in [3.05, 3.63) is 121 Å². The Labute approximate surface area is 255 Å². The number of aliphatic hydroxyl groups is 1. The highest BCUT2D eigenvalue weighted by atomic mass is 16.5. The lowest BCUT2D eigenvalue weighted by atomic mass is 9.92. The average Bonchev–Trinajstić information content (AvgIpc) is 3.40. The molecule has 2 aromatic heterocycles. The van der Waals surface area contributed by atoms with Crippen LogP contribution < -0.4 is 15.8 Å². The molecule has 44 heavy (non-hydrogen) atoms. The summed E-state index contributed by atoms with van der Waals surface area (Å²) in [6.45, 7) is 0.467. The van der Waals surface area contributed by atoms with E-state index in [9.17, 15) is 9.90 Å². The van der Waals surface area contributed by atoms with Crippen LogP contribution in [0.1, 0.15) is 41.6 Å². The van der Waals surface area contributed by atoms with Gasteiger partial charge in [-0.1, -0.05) is 60.7 Å². The molecule has 0 atom stereocenters. The summed E-state index contributed by atoms with van der Waals surface area (Å²) >= 11 is 0. The second kappa shape index (κ2) is 11.9. The third-order valence-electron chi connectivity index (χ3n) is 8.55. The number of para-hydroxylation sites is 1. The van der Waals surface area contributed by atoms with Crippen LogP contribution in [-0.4, -0.2) is 32.7 Å². The fourth-order valence-corrected chi connectivity index (χ4v) is 6.37. The first-order valence-corrected chi connectivity index (χ1v) is 15.1. The number of hydrogen-bond acceptors (Lipinski definition) is 5. The quantitative estimate of drug-likeness (QED) is 0.176. The average molecular weight is 583 g/mol. The second-order valence-electron chi connectivity index (χ2n) is 11.5. The molecule has 1 aliphatic carbocycles. The Morgan fingerprint density at radius 2 is 1.66 bits per heavy atom. The van der Waals surface area contributed by atoms with E-state index < -0.39 is 5.91 Å². The number of rotatable bonds is 8. The predicted molar refractivity (Wildman–Crippen MR) is 175 cm³/mol. The van der Waals surface area contributed by atoms with Gasteiger partial charge in [-0.05, 0) is 73.2 Å². The number of nitrogens with two attached hydrogens (primary N) is 1. The highest BCUT2D eigenvalue weighted by Gasteiger charge is 2.22. The van der Waals surface area contributed by atoms with Gasteiger partial charge >= 0.3 is 0 Å². The van der Waals surface area contributed by atoms with Crippen molar-refractivity contribution in [3.63, 3.8) is 0 Å². The lowest BCUT2D eigenvalue weighted by molar-refractivity contribution is 0.100. The molecule has 0 spiro atoms. The summed E-state index contributed by atoms with van der Waals surface area (Å²) in [5.74, 6) is 0.237. The Morgan fingerprint density at radius 1 is 0.886 bits per heavy atom. The number of anilines is 1. The molecule has 1 aliphatic rings. The molecular weight excluding hydrogens is 548 g/mol.